The Kier molecular flexibility index (Phi) is 2.81. The van der Waals surface area contributed by atoms with Crippen LogP contribution in [-0.4, -0.2) is 57.0 Å². The first-order valence-corrected chi connectivity index (χ1v) is 4.80. The van der Waals surface area contributed by atoms with Crippen molar-refractivity contribution in [2.24, 2.45) is 0 Å². The highest BCUT2D eigenvalue weighted by Gasteiger charge is 2.31. The number of hydrogen-bond donors (Lipinski definition) is 2. The Morgan fingerprint density at radius 1 is 1.43 bits per heavy atom. The third-order valence-corrected chi connectivity index (χ3v) is 2.66. The largest absolute Gasteiger partial charge is 0.395 e. The lowest BCUT2D eigenvalue weighted by Crippen LogP contribution is -2.25. The van der Waals surface area contributed by atoms with Crippen LogP contribution in [0.15, 0.2) is 18.7 Å². The fourth-order valence-corrected chi connectivity index (χ4v) is 1.93. The van der Waals surface area contributed by atoms with Crippen LogP contribution in [0.4, 0.5) is 0 Å². The van der Waals surface area contributed by atoms with Crippen molar-refractivity contribution in [1.82, 2.24) is 14.5 Å². The molecule has 1 fully saturated rings. The van der Waals surface area contributed by atoms with Gasteiger partial charge in [0, 0.05) is 32.0 Å². The Morgan fingerprint density at radius 2 is 2.29 bits per heavy atom. The first kappa shape index (κ1) is 9.64. The Bertz CT molecular complexity index is 276. The number of aliphatic hydroxyl groups excluding tert-OH is 2. The second-order valence-corrected chi connectivity index (χ2v) is 3.63. The van der Waals surface area contributed by atoms with E-state index < -0.39 is 0 Å². The number of nitrogens with zero attached hydrogens (tertiary/aromatic N) is 3. The zero-order valence-corrected chi connectivity index (χ0v) is 7.95. The van der Waals surface area contributed by atoms with E-state index in [1.54, 1.807) is 12.5 Å². The van der Waals surface area contributed by atoms with Gasteiger partial charge in [0.1, 0.15) is 0 Å². The van der Waals surface area contributed by atoms with Gasteiger partial charge in [0.05, 0.1) is 25.1 Å². The number of rotatable bonds is 3. The molecule has 0 unspecified atom stereocenters. The summed E-state index contributed by atoms with van der Waals surface area (Å²) in [7, 11) is 0. The van der Waals surface area contributed by atoms with E-state index in [0.717, 1.165) is 6.54 Å². The summed E-state index contributed by atoms with van der Waals surface area (Å²) in [6, 6.07) is 0.0732. The SMILES string of the molecule is OCCN1C[C@@H](O)[C@@H](n2ccnc2)C1. The molecule has 1 aliphatic heterocycles. The van der Waals surface area contributed by atoms with E-state index in [1.807, 2.05) is 10.8 Å². The van der Waals surface area contributed by atoms with Crippen LogP contribution in [0.2, 0.25) is 0 Å². The molecule has 2 N–H and O–H groups in total. The van der Waals surface area contributed by atoms with Crippen LogP contribution >= 0.6 is 0 Å². The Morgan fingerprint density at radius 3 is 2.93 bits per heavy atom. The van der Waals surface area contributed by atoms with Gasteiger partial charge in [0.25, 0.3) is 0 Å². The summed E-state index contributed by atoms with van der Waals surface area (Å²) in [5, 5.41) is 18.6. The molecule has 0 saturated carbocycles. The van der Waals surface area contributed by atoms with Crippen LogP contribution in [0, 0.1) is 0 Å². The molecule has 1 saturated heterocycles. The number of aromatic nitrogens is 2. The molecule has 0 aromatic carbocycles. The van der Waals surface area contributed by atoms with Crippen LogP contribution in [0.3, 0.4) is 0 Å². The number of β-amino-alcohol motifs (C(OH)–C–C–N with tert-alkyl or cyclic N) is 2. The standard InChI is InChI=1S/C9H15N3O2/c13-4-3-11-5-8(9(14)6-11)12-2-1-10-7-12/h1-2,7-9,13-14H,3-6H2/t8-,9+/m0/s1. The van der Waals surface area contributed by atoms with Crippen molar-refractivity contribution in [1.29, 1.82) is 0 Å². The summed E-state index contributed by atoms with van der Waals surface area (Å²) in [5.41, 5.74) is 0. The van der Waals surface area contributed by atoms with Crippen molar-refractivity contribution in [3.8, 4) is 0 Å². The highest BCUT2D eigenvalue weighted by Crippen LogP contribution is 2.21. The van der Waals surface area contributed by atoms with Gasteiger partial charge in [-0.3, -0.25) is 4.90 Å². The molecular weight excluding hydrogens is 182 g/mol. The van der Waals surface area contributed by atoms with Crippen LogP contribution in [-0.2, 0) is 0 Å². The lowest BCUT2D eigenvalue weighted by molar-refractivity contribution is 0.141. The van der Waals surface area contributed by atoms with E-state index in [9.17, 15) is 5.11 Å². The number of aliphatic hydroxyl groups is 2. The van der Waals surface area contributed by atoms with Crippen LogP contribution in [0.5, 0.6) is 0 Å². The quantitative estimate of drug-likeness (QED) is 0.659. The van der Waals surface area contributed by atoms with E-state index in [0.29, 0.717) is 13.1 Å². The maximum Gasteiger partial charge on any atom is 0.0949 e. The van der Waals surface area contributed by atoms with Gasteiger partial charge in [-0.2, -0.15) is 0 Å². The summed E-state index contributed by atoms with van der Waals surface area (Å²) < 4.78 is 1.92. The minimum absolute atomic E-state index is 0.0732. The van der Waals surface area contributed by atoms with E-state index in [4.69, 9.17) is 5.11 Å². The highest BCUT2D eigenvalue weighted by atomic mass is 16.3. The predicted octanol–water partition coefficient (Wildman–Crippen LogP) is -0.907. The van der Waals surface area contributed by atoms with E-state index in [1.165, 1.54) is 0 Å². The summed E-state index contributed by atoms with van der Waals surface area (Å²) in [5.74, 6) is 0. The van der Waals surface area contributed by atoms with E-state index >= 15 is 0 Å². The molecule has 5 nitrogen and oxygen atoms in total. The van der Waals surface area contributed by atoms with Gasteiger partial charge < -0.3 is 14.8 Å². The fraction of sp³-hybridized carbons (Fsp3) is 0.667. The van der Waals surface area contributed by atoms with Gasteiger partial charge in [0.15, 0.2) is 0 Å². The molecule has 0 spiro atoms. The van der Waals surface area contributed by atoms with E-state index in [-0.39, 0.29) is 18.8 Å². The zero-order valence-electron chi connectivity index (χ0n) is 7.95. The normalized spacial score (nSPS) is 28.4. The Labute approximate surface area is 82.6 Å². The van der Waals surface area contributed by atoms with Crippen molar-refractivity contribution in [2.75, 3.05) is 26.2 Å². The molecule has 14 heavy (non-hydrogen) atoms. The lowest BCUT2D eigenvalue weighted by Gasteiger charge is -2.15. The summed E-state index contributed by atoms with van der Waals surface area (Å²) in [6.07, 6.45) is 4.92. The number of likely N-dealkylation sites (tertiary alicyclic amines) is 1. The molecule has 2 rings (SSSR count). The maximum absolute atomic E-state index is 9.79. The highest BCUT2D eigenvalue weighted by molar-refractivity contribution is 4.91. The summed E-state index contributed by atoms with van der Waals surface area (Å²) in [4.78, 5) is 6.01. The third-order valence-electron chi connectivity index (χ3n) is 2.66. The smallest absolute Gasteiger partial charge is 0.0949 e. The number of imidazole rings is 1. The lowest BCUT2D eigenvalue weighted by atomic mass is 10.2. The predicted molar refractivity (Wildman–Crippen MR) is 50.8 cm³/mol. The van der Waals surface area contributed by atoms with Gasteiger partial charge in [-0.1, -0.05) is 0 Å². The Balaban J connectivity index is 2.01. The molecule has 1 aliphatic rings. The minimum atomic E-state index is -0.365. The Hall–Kier alpha value is -0.910. The second kappa shape index (κ2) is 4.08. The van der Waals surface area contributed by atoms with Gasteiger partial charge in [0.2, 0.25) is 0 Å². The van der Waals surface area contributed by atoms with Crippen molar-refractivity contribution in [2.45, 2.75) is 12.1 Å². The van der Waals surface area contributed by atoms with Gasteiger partial charge in [-0.15, -0.1) is 0 Å². The van der Waals surface area contributed by atoms with Crippen molar-refractivity contribution in [3.63, 3.8) is 0 Å². The third kappa shape index (κ3) is 1.79. The minimum Gasteiger partial charge on any atom is -0.395 e. The first-order valence-electron chi connectivity index (χ1n) is 4.80. The molecular formula is C9H15N3O2. The molecule has 78 valence electrons. The first-order chi connectivity index (χ1) is 6.81. The monoisotopic (exact) mass is 197 g/mol. The maximum atomic E-state index is 9.79. The number of hydrogen-bond acceptors (Lipinski definition) is 4. The van der Waals surface area contributed by atoms with Crippen LogP contribution in [0.25, 0.3) is 0 Å². The van der Waals surface area contributed by atoms with Crippen LogP contribution < -0.4 is 0 Å². The average Bonchev–Trinajstić information content (AvgIpc) is 2.74. The summed E-state index contributed by atoms with van der Waals surface area (Å²) >= 11 is 0. The fourth-order valence-electron chi connectivity index (χ4n) is 1.93. The average molecular weight is 197 g/mol. The van der Waals surface area contributed by atoms with Crippen molar-refractivity contribution >= 4 is 0 Å². The molecule has 0 bridgehead atoms. The molecule has 0 aliphatic carbocycles. The van der Waals surface area contributed by atoms with E-state index in [2.05, 4.69) is 9.88 Å². The van der Waals surface area contributed by atoms with Crippen LogP contribution in [0.1, 0.15) is 6.04 Å². The van der Waals surface area contributed by atoms with Crippen molar-refractivity contribution in [3.05, 3.63) is 18.7 Å². The van der Waals surface area contributed by atoms with Crippen molar-refractivity contribution < 1.29 is 10.2 Å². The zero-order chi connectivity index (χ0) is 9.97. The molecule has 0 radical (unpaired) electrons. The molecule has 1 aromatic rings. The molecule has 2 atom stereocenters. The molecule has 2 heterocycles. The molecule has 0 amide bonds. The molecule has 1 aromatic heterocycles. The topological polar surface area (TPSA) is 61.5 Å². The summed E-state index contributed by atoms with van der Waals surface area (Å²) in [6.45, 7) is 2.17. The van der Waals surface area contributed by atoms with Gasteiger partial charge >= 0.3 is 0 Å². The second-order valence-electron chi connectivity index (χ2n) is 3.63. The molecule has 5 heteroatoms. The van der Waals surface area contributed by atoms with Gasteiger partial charge in [-0.05, 0) is 0 Å². The van der Waals surface area contributed by atoms with Gasteiger partial charge in [-0.25, -0.2) is 4.98 Å².